The van der Waals surface area contributed by atoms with Gasteiger partial charge in [-0.2, -0.15) is 0 Å². The van der Waals surface area contributed by atoms with Crippen LogP contribution in [-0.2, 0) is 9.53 Å². The van der Waals surface area contributed by atoms with Crippen molar-refractivity contribution in [3.8, 4) is 0 Å². The Labute approximate surface area is 156 Å². The standard InChI is InChI=1S/C18H23N5O4/c1-22(2)15(24)7-13-9-23-8-11(6-12(23)10-26-13)20-18(25)16-14-4-3-5-19-17(14)21-27-16/h3-5,11-13H,6-10H2,1-2H3,(H,20,25)/t11-,12+,13+/m1/s1. The van der Waals surface area contributed by atoms with Gasteiger partial charge in [0, 0.05) is 45.5 Å². The molecule has 0 aromatic carbocycles. The second kappa shape index (κ2) is 7.24. The van der Waals surface area contributed by atoms with Crippen molar-refractivity contribution in [1.82, 2.24) is 25.3 Å². The van der Waals surface area contributed by atoms with Crippen LogP contribution in [0.25, 0.3) is 11.0 Å². The summed E-state index contributed by atoms with van der Waals surface area (Å²) in [4.78, 5) is 32.4. The molecule has 0 bridgehead atoms. The lowest BCUT2D eigenvalue weighted by atomic mass is 10.1. The fraction of sp³-hybridized carbons (Fsp3) is 0.556. The van der Waals surface area contributed by atoms with Gasteiger partial charge in [0.1, 0.15) is 0 Å². The molecule has 0 saturated carbocycles. The highest BCUT2D eigenvalue weighted by atomic mass is 16.5. The van der Waals surface area contributed by atoms with E-state index in [1.54, 1.807) is 37.3 Å². The smallest absolute Gasteiger partial charge is 0.290 e. The van der Waals surface area contributed by atoms with Crippen molar-refractivity contribution in [2.75, 3.05) is 33.8 Å². The van der Waals surface area contributed by atoms with Crippen molar-refractivity contribution < 1.29 is 18.8 Å². The van der Waals surface area contributed by atoms with Gasteiger partial charge in [0.15, 0.2) is 0 Å². The number of hydrogen-bond acceptors (Lipinski definition) is 7. The van der Waals surface area contributed by atoms with Crippen LogP contribution in [0.4, 0.5) is 0 Å². The first-order chi connectivity index (χ1) is 13.0. The van der Waals surface area contributed by atoms with Crippen molar-refractivity contribution in [3.05, 3.63) is 24.1 Å². The molecule has 4 rings (SSSR count). The molecule has 1 N–H and O–H groups in total. The Morgan fingerprint density at radius 3 is 3.04 bits per heavy atom. The Morgan fingerprint density at radius 1 is 1.37 bits per heavy atom. The maximum absolute atomic E-state index is 12.6. The lowest BCUT2D eigenvalue weighted by Crippen LogP contribution is -2.47. The van der Waals surface area contributed by atoms with E-state index in [1.165, 1.54) is 0 Å². The Morgan fingerprint density at radius 2 is 2.22 bits per heavy atom. The Balaban J connectivity index is 1.36. The van der Waals surface area contributed by atoms with Crippen LogP contribution in [0, 0.1) is 0 Å². The summed E-state index contributed by atoms with van der Waals surface area (Å²) >= 11 is 0. The summed E-state index contributed by atoms with van der Waals surface area (Å²) in [6.07, 6.45) is 2.70. The molecule has 2 saturated heterocycles. The van der Waals surface area contributed by atoms with Crippen LogP contribution in [0.5, 0.6) is 0 Å². The molecular weight excluding hydrogens is 350 g/mol. The molecule has 0 unspecified atom stereocenters. The fourth-order valence-corrected chi connectivity index (χ4v) is 3.75. The predicted molar refractivity (Wildman–Crippen MR) is 96.1 cm³/mol. The zero-order chi connectivity index (χ0) is 19.0. The number of fused-ring (bicyclic) bond motifs is 2. The van der Waals surface area contributed by atoms with E-state index in [0.717, 1.165) is 13.0 Å². The number of ether oxygens (including phenoxy) is 1. The molecule has 0 spiro atoms. The fourth-order valence-electron chi connectivity index (χ4n) is 3.75. The third-order valence-corrected chi connectivity index (χ3v) is 5.19. The van der Waals surface area contributed by atoms with E-state index >= 15 is 0 Å². The Hall–Kier alpha value is -2.52. The molecule has 0 radical (unpaired) electrons. The number of carbonyl (C=O) groups is 2. The molecule has 3 atom stereocenters. The van der Waals surface area contributed by atoms with Crippen molar-refractivity contribution in [2.45, 2.75) is 31.0 Å². The highest BCUT2D eigenvalue weighted by molar-refractivity contribution is 6.02. The van der Waals surface area contributed by atoms with Crippen LogP contribution in [0.3, 0.4) is 0 Å². The van der Waals surface area contributed by atoms with Gasteiger partial charge in [-0.15, -0.1) is 0 Å². The van der Waals surface area contributed by atoms with Gasteiger partial charge in [-0.1, -0.05) is 5.16 Å². The molecule has 2 fully saturated rings. The molecule has 9 heteroatoms. The summed E-state index contributed by atoms with van der Waals surface area (Å²) in [6, 6.07) is 3.78. The van der Waals surface area contributed by atoms with Gasteiger partial charge in [0.05, 0.1) is 24.5 Å². The largest absolute Gasteiger partial charge is 0.375 e. The molecule has 0 aliphatic carbocycles. The summed E-state index contributed by atoms with van der Waals surface area (Å²) in [5.41, 5.74) is 0.424. The number of hydrogen-bond donors (Lipinski definition) is 1. The van der Waals surface area contributed by atoms with Crippen LogP contribution in [0.2, 0.25) is 0 Å². The molecule has 144 valence electrons. The maximum atomic E-state index is 12.6. The quantitative estimate of drug-likeness (QED) is 0.821. The van der Waals surface area contributed by atoms with E-state index in [0.29, 0.717) is 30.6 Å². The summed E-state index contributed by atoms with van der Waals surface area (Å²) in [5.74, 6) is -0.0300. The Kier molecular flexibility index (Phi) is 4.79. The van der Waals surface area contributed by atoms with Gasteiger partial charge < -0.3 is 19.5 Å². The second-order valence-corrected chi connectivity index (χ2v) is 7.35. The number of amides is 2. The minimum absolute atomic E-state index is 0.00576. The number of morpholine rings is 1. The Bertz CT molecular complexity index is 851. The normalized spacial score (nSPS) is 25.3. The highest BCUT2D eigenvalue weighted by Crippen LogP contribution is 2.25. The number of nitrogens with one attached hydrogen (secondary N) is 1. The van der Waals surface area contributed by atoms with Crippen LogP contribution >= 0.6 is 0 Å². The van der Waals surface area contributed by atoms with E-state index in [-0.39, 0.29) is 35.8 Å². The number of aromatic nitrogens is 2. The SMILES string of the molecule is CN(C)C(=O)C[C@H]1CN2C[C@H](NC(=O)c3onc4ncccc34)C[C@H]2CO1. The predicted octanol–water partition coefficient (Wildman–Crippen LogP) is 0.273. The molecule has 2 aliphatic heterocycles. The van der Waals surface area contributed by atoms with Crippen LogP contribution < -0.4 is 5.32 Å². The van der Waals surface area contributed by atoms with Gasteiger partial charge in [-0.05, 0) is 18.6 Å². The molecule has 4 heterocycles. The summed E-state index contributed by atoms with van der Waals surface area (Å²) < 4.78 is 11.0. The number of pyridine rings is 1. The van der Waals surface area contributed by atoms with E-state index in [4.69, 9.17) is 9.26 Å². The van der Waals surface area contributed by atoms with Gasteiger partial charge >= 0.3 is 0 Å². The number of carbonyl (C=O) groups excluding carboxylic acids is 2. The molecule has 27 heavy (non-hydrogen) atoms. The monoisotopic (exact) mass is 373 g/mol. The van der Waals surface area contributed by atoms with Gasteiger partial charge in [-0.25, -0.2) is 4.98 Å². The van der Waals surface area contributed by atoms with E-state index in [2.05, 4.69) is 20.4 Å². The minimum Gasteiger partial charge on any atom is -0.375 e. The number of rotatable bonds is 4. The zero-order valence-corrected chi connectivity index (χ0v) is 15.4. The average molecular weight is 373 g/mol. The first-order valence-corrected chi connectivity index (χ1v) is 9.08. The third-order valence-electron chi connectivity index (χ3n) is 5.19. The van der Waals surface area contributed by atoms with Crippen LogP contribution in [0.15, 0.2) is 22.9 Å². The molecule has 2 aromatic rings. The summed E-state index contributed by atoms with van der Waals surface area (Å²) in [7, 11) is 3.50. The van der Waals surface area contributed by atoms with Crippen molar-refractivity contribution in [3.63, 3.8) is 0 Å². The average Bonchev–Trinajstić information content (AvgIpc) is 3.24. The lowest BCUT2D eigenvalue weighted by molar-refractivity contribution is -0.134. The molecule has 2 amide bonds. The van der Waals surface area contributed by atoms with Crippen molar-refractivity contribution in [2.24, 2.45) is 0 Å². The summed E-state index contributed by atoms with van der Waals surface area (Å²) in [6.45, 7) is 2.01. The topological polar surface area (TPSA) is 101 Å². The molecular formula is C18H23N5O4. The van der Waals surface area contributed by atoms with E-state index in [1.807, 2.05) is 0 Å². The van der Waals surface area contributed by atoms with Gasteiger partial charge in [-0.3, -0.25) is 14.5 Å². The second-order valence-electron chi connectivity index (χ2n) is 7.35. The molecule has 2 aliphatic rings. The highest BCUT2D eigenvalue weighted by Gasteiger charge is 2.39. The molecule has 2 aromatic heterocycles. The minimum atomic E-state index is -0.282. The van der Waals surface area contributed by atoms with Gasteiger partial charge in [0.2, 0.25) is 17.3 Å². The first kappa shape index (κ1) is 17.9. The van der Waals surface area contributed by atoms with Crippen LogP contribution in [0.1, 0.15) is 23.4 Å². The van der Waals surface area contributed by atoms with E-state index in [9.17, 15) is 9.59 Å². The number of nitrogens with zero attached hydrogens (tertiary/aromatic N) is 4. The summed E-state index contributed by atoms with van der Waals surface area (Å²) in [5, 5.41) is 7.46. The van der Waals surface area contributed by atoms with Gasteiger partial charge in [0.25, 0.3) is 5.91 Å². The first-order valence-electron chi connectivity index (χ1n) is 9.08. The molecule has 9 nitrogen and oxygen atoms in total. The third kappa shape index (κ3) is 3.65. The van der Waals surface area contributed by atoms with Crippen molar-refractivity contribution >= 4 is 22.8 Å². The van der Waals surface area contributed by atoms with E-state index < -0.39 is 0 Å². The lowest BCUT2D eigenvalue weighted by Gasteiger charge is -2.35. The van der Waals surface area contributed by atoms with Crippen molar-refractivity contribution in [1.29, 1.82) is 0 Å². The van der Waals surface area contributed by atoms with Crippen LogP contribution in [-0.4, -0.2) is 83.7 Å². The zero-order valence-electron chi connectivity index (χ0n) is 15.4. The maximum Gasteiger partial charge on any atom is 0.290 e.